The number of rotatable bonds is 4. The lowest BCUT2D eigenvalue weighted by atomic mass is 9.87. The second kappa shape index (κ2) is 7.83. The molecule has 0 amide bonds. The fourth-order valence-corrected chi connectivity index (χ4v) is 5.57. The summed E-state index contributed by atoms with van der Waals surface area (Å²) in [5.41, 5.74) is 10.5. The molecule has 5 rings (SSSR count). The van der Waals surface area contributed by atoms with Crippen molar-refractivity contribution in [3.8, 4) is 11.3 Å². The Hall–Kier alpha value is -2.59. The van der Waals surface area contributed by atoms with Crippen LogP contribution in [-0.2, 0) is 0 Å². The smallest absolute Gasteiger partial charge is 0.140 e. The summed E-state index contributed by atoms with van der Waals surface area (Å²) in [5.74, 6) is 1.52. The maximum absolute atomic E-state index is 4.65. The molecule has 1 saturated heterocycles. The predicted octanol–water partition coefficient (Wildman–Crippen LogP) is 6.50. The highest BCUT2D eigenvalue weighted by Crippen LogP contribution is 2.40. The van der Waals surface area contributed by atoms with Gasteiger partial charge in [0.25, 0.3) is 0 Å². The van der Waals surface area contributed by atoms with Gasteiger partial charge in [0.15, 0.2) is 0 Å². The second-order valence-electron chi connectivity index (χ2n) is 9.79. The number of benzene rings is 1. The van der Waals surface area contributed by atoms with Gasteiger partial charge in [-0.15, -0.1) is 0 Å². The summed E-state index contributed by atoms with van der Waals surface area (Å²) in [5, 5.41) is 4.88. The highest BCUT2D eigenvalue weighted by atomic mass is 15.0. The van der Waals surface area contributed by atoms with Gasteiger partial charge in [-0.05, 0) is 79.4 Å². The molecule has 0 bridgehead atoms. The Morgan fingerprint density at radius 3 is 2.48 bits per heavy atom. The molecule has 0 aliphatic carbocycles. The van der Waals surface area contributed by atoms with E-state index < -0.39 is 0 Å². The molecule has 3 aromatic heterocycles. The summed E-state index contributed by atoms with van der Waals surface area (Å²) in [4.78, 5) is 8.46. The fourth-order valence-electron chi connectivity index (χ4n) is 5.57. The minimum absolute atomic E-state index is 0.420. The predicted molar refractivity (Wildman–Crippen MR) is 130 cm³/mol. The molecule has 4 nitrogen and oxygen atoms in total. The number of piperidine rings is 1. The molecule has 4 heteroatoms. The Bertz CT molecular complexity index is 1240. The van der Waals surface area contributed by atoms with Crippen LogP contribution in [0, 0.1) is 6.92 Å². The average molecular weight is 415 g/mol. The van der Waals surface area contributed by atoms with Gasteiger partial charge in [-0.2, -0.15) is 0 Å². The van der Waals surface area contributed by atoms with Crippen molar-refractivity contribution >= 4 is 16.6 Å². The molecule has 31 heavy (non-hydrogen) atoms. The molecular formula is C27H34N4. The van der Waals surface area contributed by atoms with Crippen LogP contribution in [0.4, 0.5) is 0 Å². The molecular weight excluding hydrogens is 380 g/mol. The number of imidazole rings is 1. The monoisotopic (exact) mass is 414 g/mol. The van der Waals surface area contributed by atoms with E-state index >= 15 is 0 Å². The molecule has 1 fully saturated rings. The maximum atomic E-state index is 4.65. The van der Waals surface area contributed by atoms with Gasteiger partial charge < -0.3 is 14.7 Å². The first kappa shape index (κ1) is 20.3. The van der Waals surface area contributed by atoms with E-state index in [2.05, 4.69) is 84.9 Å². The van der Waals surface area contributed by atoms with Crippen LogP contribution in [0.2, 0.25) is 0 Å². The first-order valence-electron chi connectivity index (χ1n) is 11.8. The van der Waals surface area contributed by atoms with E-state index in [1.165, 1.54) is 57.3 Å². The number of nitrogens with zero attached hydrogens (tertiary/aromatic N) is 2. The third kappa shape index (κ3) is 3.38. The Morgan fingerprint density at radius 2 is 1.77 bits per heavy atom. The van der Waals surface area contributed by atoms with E-state index in [0.717, 1.165) is 18.7 Å². The third-order valence-electron chi connectivity index (χ3n) is 7.08. The van der Waals surface area contributed by atoms with Gasteiger partial charge in [0.1, 0.15) is 5.65 Å². The highest BCUT2D eigenvalue weighted by Gasteiger charge is 2.23. The van der Waals surface area contributed by atoms with E-state index in [4.69, 9.17) is 0 Å². The number of H-pyrrole nitrogens is 1. The van der Waals surface area contributed by atoms with E-state index in [0.29, 0.717) is 17.8 Å². The quantitative estimate of drug-likeness (QED) is 0.400. The Morgan fingerprint density at radius 1 is 1.03 bits per heavy atom. The number of pyridine rings is 1. The van der Waals surface area contributed by atoms with Crippen LogP contribution in [-0.4, -0.2) is 27.5 Å². The van der Waals surface area contributed by atoms with Gasteiger partial charge >= 0.3 is 0 Å². The number of hydrogen-bond donors (Lipinski definition) is 2. The lowest BCUT2D eigenvalue weighted by molar-refractivity contribution is 0.460. The molecule has 0 unspecified atom stereocenters. The van der Waals surface area contributed by atoms with Crippen molar-refractivity contribution < 1.29 is 0 Å². The Kier molecular flexibility index (Phi) is 5.13. The van der Waals surface area contributed by atoms with Crippen LogP contribution in [0.1, 0.15) is 80.5 Å². The zero-order valence-electron chi connectivity index (χ0n) is 19.4. The number of fused-ring (bicyclic) bond motifs is 2. The van der Waals surface area contributed by atoms with Crippen LogP contribution in [0.25, 0.3) is 27.8 Å². The number of aromatic nitrogens is 3. The molecule has 0 radical (unpaired) electrons. The lowest BCUT2D eigenvalue weighted by Gasteiger charge is -2.23. The van der Waals surface area contributed by atoms with Crippen molar-refractivity contribution in [1.82, 2.24) is 19.7 Å². The van der Waals surface area contributed by atoms with Crippen LogP contribution in [0.15, 0.2) is 36.8 Å². The molecule has 1 aliphatic rings. The van der Waals surface area contributed by atoms with E-state index in [9.17, 15) is 0 Å². The van der Waals surface area contributed by atoms with E-state index in [1.807, 2.05) is 6.20 Å². The maximum Gasteiger partial charge on any atom is 0.140 e. The summed E-state index contributed by atoms with van der Waals surface area (Å²) < 4.78 is 2.19. The zero-order chi connectivity index (χ0) is 21.7. The SMILES string of the molecule is Cc1c(-c2[nH]c3ccc(C4CCNCC4)cc3c2C(C)C)cn2ccnc2c1C(C)C. The molecule has 0 atom stereocenters. The molecule has 4 heterocycles. The van der Waals surface area contributed by atoms with Crippen molar-refractivity contribution in [3.05, 3.63) is 59.0 Å². The van der Waals surface area contributed by atoms with E-state index in [-0.39, 0.29) is 0 Å². The summed E-state index contributed by atoms with van der Waals surface area (Å²) in [6.45, 7) is 13.7. The van der Waals surface area contributed by atoms with Gasteiger partial charge in [-0.25, -0.2) is 4.98 Å². The normalized spacial score (nSPS) is 15.7. The van der Waals surface area contributed by atoms with Gasteiger partial charge in [-0.3, -0.25) is 0 Å². The molecule has 2 N–H and O–H groups in total. The Labute approximate surface area is 185 Å². The third-order valence-corrected chi connectivity index (χ3v) is 7.08. The van der Waals surface area contributed by atoms with Crippen molar-refractivity contribution in [2.75, 3.05) is 13.1 Å². The topological polar surface area (TPSA) is 45.1 Å². The van der Waals surface area contributed by atoms with Gasteiger partial charge in [0, 0.05) is 40.6 Å². The van der Waals surface area contributed by atoms with Crippen LogP contribution < -0.4 is 5.32 Å². The zero-order valence-corrected chi connectivity index (χ0v) is 19.4. The van der Waals surface area contributed by atoms with Gasteiger partial charge in [0.05, 0.1) is 5.69 Å². The van der Waals surface area contributed by atoms with Crippen LogP contribution >= 0.6 is 0 Å². The van der Waals surface area contributed by atoms with Gasteiger partial charge in [0.2, 0.25) is 0 Å². The standard InChI is InChI=1S/C27H34N4/c1-16(2)24-18(5)22(15-31-13-12-29-27(24)31)26-25(17(3)4)21-14-20(6-7-23(21)30-26)19-8-10-28-11-9-19/h6-7,12-17,19,28,30H,8-11H2,1-5H3. The van der Waals surface area contributed by atoms with E-state index in [1.54, 1.807) is 0 Å². The summed E-state index contributed by atoms with van der Waals surface area (Å²) in [6, 6.07) is 7.11. The average Bonchev–Trinajstić information content (AvgIpc) is 3.37. The fraction of sp³-hybridized carbons (Fsp3) is 0.444. The van der Waals surface area contributed by atoms with Crippen LogP contribution in [0.3, 0.4) is 0 Å². The Balaban J connectivity index is 1.73. The second-order valence-corrected chi connectivity index (χ2v) is 9.79. The van der Waals surface area contributed by atoms with Crippen molar-refractivity contribution in [2.24, 2.45) is 0 Å². The molecule has 1 aliphatic heterocycles. The number of aromatic amines is 1. The van der Waals surface area contributed by atoms with Crippen molar-refractivity contribution in [2.45, 2.75) is 65.2 Å². The van der Waals surface area contributed by atoms with Crippen molar-refractivity contribution in [1.29, 1.82) is 0 Å². The van der Waals surface area contributed by atoms with Gasteiger partial charge in [-0.1, -0.05) is 33.8 Å². The molecule has 4 aromatic rings. The molecule has 0 spiro atoms. The minimum Gasteiger partial charge on any atom is -0.354 e. The number of hydrogen-bond acceptors (Lipinski definition) is 2. The summed E-state index contributed by atoms with van der Waals surface area (Å²) >= 11 is 0. The first-order chi connectivity index (χ1) is 15.0. The molecule has 1 aromatic carbocycles. The summed E-state index contributed by atoms with van der Waals surface area (Å²) in [7, 11) is 0. The van der Waals surface area contributed by atoms with Crippen LogP contribution in [0.5, 0.6) is 0 Å². The first-order valence-corrected chi connectivity index (χ1v) is 11.8. The highest BCUT2D eigenvalue weighted by molar-refractivity contribution is 5.93. The molecule has 0 saturated carbocycles. The minimum atomic E-state index is 0.420. The lowest BCUT2D eigenvalue weighted by Crippen LogP contribution is -2.26. The van der Waals surface area contributed by atoms with Crippen molar-refractivity contribution in [3.63, 3.8) is 0 Å². The summed E-state index contributed by atoms with van der Waals surface area (Å²) in [6.07, 6.45) is 8.69. The molecule has 162 valence electrons. The number of nitrogens with one attached hydrogen (secondary N) is 2. The largest absolute Gasteiger partial charge is 0.354 e.